The van der Waals surface area contributed by atoms with Gasteiger partial charge in [-0.25, -0.2) is 0 Å². The molecule has 3 aromatic heterocycles. The van der Waals surface area contributed by atoms with E-state index in [0.717, 1.165) is 15.8 Å². The van der Waals surface area contributed by atoms with Crippen LogP contribution in [0, 0.1) is 0 Å². The van der Waals surface area contributed by atoms with Crippen LogP contribution in [0.5, 0.6) is 0 Å². The lowest BCUT2D eigenvalue weighted by Gasteiger charge is -2.03. The number of rotatable bonds is 3. The highest BCUT2D eigenvalue weighted by Gasteiger charge is 2.11. The summed E-state index contributed by atoms with van der Waals surface area (Å²) in [6.07, 6.45) is 5.06. The van der Waals surface area contributed by atoms with Gasteiger partial charge in [0.2, 0.25) is 0 Å². The number of hydrogen-bond donors (Lipinski definition) is 0. The first-order chi connectivity index (χ1) is 9.24. The van der Waals surface area contributed by atoms with Crippen LogP contribution >= 0.6 is 22.9 Å². The Kier molecular flexibility index (Phi) is 3.27. The second-order valence-corrected chi connectivity index (χ2v) is 5.45. The monoisotopic (exact) mass is 288 g/mol. The molecule has 0 aromatic carbocycles. The molecule has 5 heteroatoms. The van der Waals surface area contributed by atoms with Crippen LogP contribution in [0.2, 0.25) is 5.02 Å². The molecule has 3 heterocycles. The fourth-order valence-electron chi connectivity index (χ4n) is 1.82. The topological polar surface area (TPSA) is 42.9 Å². The van der Waals surface area contributed by atoms with Gasteiger partial charge in [-0.2, -0.15) is 0 Å². The van der Waals surface area contributed by atoms with Crippen LogP contribution in [0.4, 0.5) is 0 Å². The van der Waals surface area contributed by atoms with Crippen molar-refractivity contribution in [1.29, 1.82) is 0 Å². The minimum absolute atomic E-state index is 0.0101. The number of thiophene rings is 1. The summed E-state index contributed by atoms with van der Waals surface area (Å²) in [6, 6.07) is 5.58. The first kappa shape index (κ1) is 12.3. The first-order valence-corrected chi connectivity index (χ1v) is 6.94. The number of Topliss-reactive ketones (excluding diaryl/α,β-unsaturated/α-hetero) is 1. The van der Waals surface area contributed by atoms with Crippen LogP contribution in [-0.2, 0) is 6.42 Å². The van der Waals surface area contributed by atoms with Crippen molar-refractivity contribution >= 4 is 38.9 Å². The second kappa shape index (κ2) is 5.07. The molecule has 0 spiro atoms. The zero-order valence-corrected chi connectivity index (χ0v) is 11.4. The molecule has 0 atom stereocenters. The van der Waals surface area contributed by atoms with Crippen LogP contribution in [0.15, 0.2) is 42.2 Å². The molecule has 0 radical (unpaired) electrons. The average molecular weight is 289 g/mol. The van der Waals surface area contributed by atoms with E-state index in [-0.39, 0.29) is 12.2 Å². The van der Waals surface area contributed by atoms with Crippen LogP contribution in [0.25, 0.3) is 10.2 Å². The van der Waals surface area contributed by atoms with Crippen molar-refractivity contribution in [2.75, 3.05) is 0 Å². The third-order valence-corrected chi connectivity index (χ3v) is 4.03. The standard InChI is InChI=1S/C14H9ClN2OS/c15-11-8-16-3-1-9(11)5-13(18)10-6-14-12(17-7-10)2-4-19-14/h1-4,6-8H,5H2. The van der Waals surface area contributed by atoms with E-state index >= 15 is 0 Å². The van der Waals surface area contributed by atoms with Crippen molar-refractivity contribution in [1.82, 2.24) is 9.97 Å². The van der Waals surface area contributed by atoms with Gasteiger partial charge >= 0.3 is 0 Å². The second-order valence-electron chi connectivity index (χ2n) is 4.10. The molecule has 3 rings (SSSR count). The molecule has 0 aliphatic heterocycles. The van der Waals surface area contributed by atoms with E-state index < -0.39 is 0 Å². The van der Waals surface area contributed by atoms with E-state index in [9.17, 15) is 4.79 Å². The molecule has 0 N–H and O–H groups in total. The van der Waals surface area contributed by atoms with Crippen LogP contribution in [-0.4, -0.2) is 15.8 Å². The molecule has 0 fully saturated rings. The number of halogens is 1. The van der Waals surface area contributed by atoms with E-state index in [1.807, 2.05) is 17.5 Å². The molecule has 94 valence electrons. The Labute approximate surface area is 118 Å². The lowest BCUT2D eigenvalue weighted by Crippen LogP contribution is -2.04. The maximum absolute atomic E-state index is 12.2. The van der Waals surface area contributed by atoms with Gasteiger partial charge in [-0.3, -0.25) is 14.8 Å². The highest BCUT2D eigenvalue weighted by molar-refractivity contribution is 7.17. The number of nitrogens with zero attached hydrogens (tertiary/aromatic N) is 2. The van der Waals surface area contributed by atoms with E-state index in [1.165, 1.54) is 0 Å². The predicted octanol–water partition coefficient (Wildman–Crippen LogP) is 3.77. The smallest absolute Gasteiger partial charge is 0.168 e. The minimum atomic E-state index is 0.0101. The predicted molar refractivity (Wildman–Crippen MR) is 76.9 cm³/mol. The number of carbonyl (C=O) groups excluding carboxylic acids is 1. The lowest BCUT2D eigenvalue weighted by molar-refractivity contribution is 0.0993. The number of aromatic nitrogens is 2. The summed E-state index contributed by atoms with van der Waals surface area (Å²) in [7, 11) is 0. The molecule has 0 aliphatic carbocycles. The molecule has 0 unspecified atom stereocenters. The molecular formula is C14H9ClN2OS. The van der Waals surface area contributed by atoms with Gasteiger partial charge < -0.3 is 0 Å². The van der Waals surface area contributed by atoms with Crippen molar-refractivity contribution in [3.8, 4) is 0 Å². The Morgan fingerprint density at radius 2 is 2.21 bits per heavy atom. The van der Waals surface area contributed by atoms with E-state index in [2.05, 4.69) is 9.97 Å². The number of pyridine rings is 2. The highest BCUT2D eigenvalue weighted by Crippen LogP contribution is 2.21. The quantitative estimate of drug-likeness (QED) is 0.689. The van der Waals surface area contributed by atoms with Crippen LogP contribution in [0.1, 0.15) is 15.9 Å². The first-order valence-electron chi connectivity index (χ1n) is 5.69. The Bertz CT molecular complexity index is 754. The summed E-state index contributed by atoms with van der Waals surface area (Å²) in [5, 5.41) is 2.48. The van der Waals surface area contributed by atoms with E-state index in [0.29, 0.717) is 10.6 Å². The highest BCUT2D eigenvalue weighted by atomic mass is 35.5. The maximum atomic E-state index is 12.2. The molecular weight excluding hydrogens is 280 g/mol. The number of fused-ring (bicyclic) bond motifs is 1. The van der Waals surface area contributed by atoms with Gasteiger partial charge in [0.15, 0.2) is 5.78 Å². The molecule has 0 aliphatic rings. The molecule has 3 nitrogen and oxygen atoms in total. The van der Waals surface area contributed by atoms with Crippen molar-refractivity contribution in [3.63, 3.8) is 0 Å². The van der Waals surface area contributed by atoms with Crippen LogP contribution < -0.4 is 0 Å². The molecule has 19 heavy (non-hydrogen) atoms. The molecule has 0 saturated heterocycles. The normalized spacial score (nSPS) is 10.8. The van der Waals surface area contributed by atoms with Gasteiger partial charge in [0.05, 0.1) is 15.2 Å². The largest absolute Gasteiger partial charge is 0.294 e. The van der Waals surface area contributed by atoms with E-state index in [1.54, 1.807) is 36.0 Å². The van der Waals surface area contributed by atoms with Gasteiger partial charge in [-0.15, -0.1) is 11.3 Å². The summed E-state index contributed by atoms with van der Waals surface area (Å²) in [4.78, 5) is 20.4. The maximum Gasteiger partial charge on any atom is 0.168 e. The summed E-state index contributed by atoms with van der Waals surface area (Å²) >= 11 is 7.58. The number of carbonyl (C=O) groups is 1. The third-order valence-electron chi connectivity index (χ3n) is 2.83. The van der Waals surface area contributed by atoms with Gasteiger partial charge in [0, 0.05) is 30.6 Å². The lowest BCUT2D eigenvalue weighted by atomic mass is 10.1. The molecule has 3 aromatic rings. The Morgan fingerprint density at radius 3 is 3.05 bits per heavy atom. The third kappa shape index (κ3) is 2.50. The SMILES string of the molecule is O=C(Cc1ccncc1Cl)c1cnc2ccsc2c1. The average Bonchev–Trinajstić information content (AvgIpc) is 2.88. The summed E-state index contributed by atoms with van der Waals surface area (Å²) in [5.74, 6) is 0.0101. The number of hydrogen-bond acceptors (Lipinski definition) is 4. The fourth-order valence-corrected chi connectivity index (χ4v) is 2.79. The minimum Gasteiger partial charge on any atom is -0.294 e. The Balaban J connectivity index is 1.89. The fraction of sp³-hybridized carbons (Fsp3) is 0.0714. The molecule has 0 bridgehead atoms. The Hall–Kier alpha value is -1.78. The van der Waals surface area contributed by atoms with Gasteiger partial charge in [0.25, 0.3) is 0 Å². The summed E-state index contributed by atoms with van der Waals surface area (Å²) in [6.45, 7) is 0. The van der Waals surface area contributed by atoms with Crippen molar-refractivity contribution in [2.24, 2.45) is 0 Å². The summed E-state index contributed by atoms with van der Waals surface area (Å²) < 4.78 is 1.02. The molecule has 0 amide bonds. The van der Waals surface area contributed by atoms with Crippen molar-refractivity contribution in [2.45, 2.75) is 6.42 Å². The van der Waals surface area contributed by atoms with Gasteiger partial charge in [-0.05, 0) is 29.1 Å². The van der Waals surface area contributed by atoms with Gasteiger partial charge in [0.1, 0.15) is 0 Å². The van der Waals surface area contributed by atoms with Crippen molar-refractivity contribution in [3.05, 3.63) is 58.3 Å². The Morgan fingerprint density at radius 1 is 1.32 bits per heavy atom. The zero-order valence-electron chi connectivity index (χ0n) is 9.84. The summed E-state index contributed by atoms with van der Waals surface area (Å²) in [5.41, 5.74) is 2.32. The number of ketones is 1. The van der Waals surface area contributed by atoms with E-state index in [4.69, 9.17) is 11.6 Å². The van der Waals surface area contributed by atoms with Gasteiger partial charge in [-0.1, -0.05) is 11.6 Å². The zero-order chi connectivity index (χ0) is 13.2. The van der Waals surface area contributed by atoms with Crippen LogP contribution in [0.3, 0.4) is 0 Å². The van der Waals surface area contributed by atoms with Crippen molar-refractivity contribution < 1.29 is 4.79 Å². The molecule has 0 saturated carbocycles.